The minimum Gasteiger partial charge on any atom is -0.481 e. The molecule has 1 atom stereocenters. The number of ether oxygens (including phenoxy) is 1. The second kappa shape index (κ2) is 4.94. The fourth-order valence-corrected chi connectivity index (χ4v) is 3.56. The Hall–Kier alpha value is -0.610. The number of nitrogens with zero attached hydrogens (tertiary/aromatic N) is 1. The summed E-state index contributed by atoms with van der Waals surface area (Å²) in [7, 11) is 4.00. The first-order chi connectivity index (χ1) is 8.08. The van der Waals surface area contributed by atoms with Gasteiger partial charge in [-0.2, -0.15) is 0 Å². The highest BCUT2D eigenvalue weighted by Crippen LogP contribution is 2.42. The molecule has 1 N–H and O–H groups in total. The van der Waals surface area contributed by atoms with Crippen molar-refractivity contribution in [3.05, 3.63) is 0 Å². The van der Waals surface area contributed by atoms with Crippen LogP contribution >= 0.6 is 0 Å². The minimum atomic E-state index is -0.687. The van der Waals surface area contributed by atoms with Crippen LogP contribution < -0.4 is 0 Å². The van der Waals surface area contributed by atoms with E-state index in [1.54, 1.807) is 0 Å². The van der Waals surface area contributed by atoms with Crippen LogP contribution in [0.3, 0.4) is 0 Å². The number of hydrogen-bond acceptors (Lipinski definition) is 3. The van der Waals surface area contributed by atoms with Gasteiger partial charge in [-0.1, -0.05) is 19.3 Å². The molecule has 0 spiro atoms. The SMILES string of the molecule is CN(C)C(C1CCCCC1)C1(C(=O)O)COC1. The molecular weight excluding hydrogens is 218 g/mol. The first kappa shape index (κ1) is 12.8. The highest BCUT2D eigenvalue weighted by Gasteiger charge is 2.55. The molecule has 1 aliphatic heterocycles. The molecule has 4 nitrogen and oxygen atoms in total. The Bertz CT molecular complexity index is 280. The van der Waals surface area contributed by atoms with Gasteiger partial charge in [-0.05, 0) is 32.9 Å². The Morgan fingerprint density at radius 1 is 1.29 bits per heavy atom. The van der Waals surface area contributed by atoms with E-state index < -0.39 is 11.4 Å². The van der Waals surface area contributed by atoms with E-state index in [2.05, 4.69) is 4.90 Å². The molecule has 2 aliphatic rings. The van der Waals surface area contributed by atoms with Gasteiger partial charge in [0.2, 0.25) is 0 Å². The Balaban J connectivity index is 2.18. The van der Waals surface area contributed by atoms with Crippen molar-refractivity contribution in [2.75, 3.05) is 27.3 Å². The Kier molecular flexibility index (Phi) is 3.73. The summed E-state index contributed by atoms with van der Waals surface area (Å²) in [5.41, 5.74) is -0.661. The van der Waals surface area contributed by atoms with Crippen LogP contribution in [-0.2, 0) is 9.53 Å². The number of hydrogen-bond donors (Lipinski definition) is 1. The number of rotatable bonds is 4. The fraction of sp³-hybridized carbons (Fsp3) is 0.923. The molecule has 1 saturated heterocycles. The predicted octanol–water partition coefficient (Wildman–Crippen LogP) is 1.60. The smallest absolute Gasteiger partial charge is 0.315 e. The summed E-state index contributed by atoms with van der Waals surface area (Å²) < 4.78 is 5.21. The largest absolute Gasteiger partial charge is 0.481 e. The highest BCUT2D eigenvalue weighted by atomic mass is 16.5. The van der Waals surface area contributed by atoms with Gasteiger partial charge in [0.15, 0.2) is 0 Å². The maximum Gasteiger partial charge on any atom is 0.315 e. The van der Waals surface area contributed by atoms with E-state index in [4.69, 9.17) is 4.74 Å². The Morgan fingerprint density at radius 3 is 2.24 bits per heavy atom. The van der Waals surface area contributed by atoms with Gasteiger partial charge >= 0.3 is 5.97 Å². The summed E-state index contributed by atoms with van der Waals surface area (Å²) in [4.78, 5) is 13.7. The molecule has 1 unspecified atom stereocenters. The van der Waals surface area contributed by atoms with Crippen LogP contribution in [0.4, 0.5) is 0 Å². The quantitative estimate of drug-likeness (QED) is 0.812. The molecule has 0 bridgehead atoms. The second-order valence-corrected chi connectivity index (χ2v) is 5.76. The molecule has 0 aromatic heterocycles. The predicted molar refractivity (Wildman–Crippen MR) is 64.9 cm³/mol. The summed E-state index contributed by atoms with van der Waals surface area (Å²) in [5, 5.41) is 9.53. The van der Waals surface area contributed by atoms with Gasteiger partial charge in [0.25, 0.3) is 0 Å². The summed E-state index contributed by atoms with van der Waals surface area (Å²) in [6.45, 7) is 0.753. The molecule has 1 heterocycles. The van der Waals surface area contributed by atoms with Crippen molar-refractivity contribution in [1.82, 2.24) is 4.90 Å². The van der Waals surface area contributed by atoms with Crippen molar-refractivity contribution in [1.29, 1.82) is 0 Å². The molecule has 1 saturated carbocycles. The van der Waals surface area contributed by atoms with Crippen LogP contribution in [0.15, 0.2) is 0 Å². The molecule has 4 heteroatoms. The maximum atomic E-state index is 11.6. The summed E-state index contributed by atoms with van der Waals surface area (Å²) in [6.07, 6.45) is 6.11. The monoisotopic (exact) mass is 241 g/mol. The van der Waals surface area contributed by atoms with Gasteiger partial charge in [-0.25, -0.2) is 0 Å². The van der Waals surface area contributed by atoms with Gasteiger partial charge in [0.05, 0.1) is 13.2 Å². The van der Waals surface area contributed by atoms with Crippen LogP contribution in [0.2, 0.25) is 0 Å². The number of aliphatic carboxylic acids is 1. The molecule has 2 rings (SSSR count). The zero-order chi connectivity index (χ0) is 12.5. The maximum absolute atomic E-state index is 11.6. The van der Waals surface area contributed by atoms with Crippen LogP contribution in [-0.4, -0.2) is 49.3 Å². The normalized spacial score (nSPS) is 26.5. The van der Waals surface area contributed by atoms with E-state index >= 15 is 0 Å². The van der Waals surface area contributed by atoms with E-state index in [9.17, 15) is 9.90 Å². The number of carboxylic acids is 1. The second-order valence-electron chi connectivity index (χ2n) is 5.76. The zero-order valence-corrected chi connectivity index (χ0v) is 10.8. The summed E-state index contributed by atoms with van der Waals surface area (Å²) in [5.74, 6) is -0.174. The number of carboxylic acid groups (broad SMARTS) is 1. The molecule has 0 radical (unpaired) electrons. The van der Waals surface area contributed by atoms with Crippen LogP contribution in [0.5, 0.6) is 0 Å². The third-order valence-electron chi connectivity index (χ3n) is 4.36. The molecule has 0 amide bonds. The van der Waals surface area contributed by atoms with Crippen molar-refractivity contribution < 1.29 is 14.6 Å². The first-order valence-electron chi connectivity index (χ1n) is 6.55. The van der Waals surface area contributed by atoms with Crippen LogP contribution in [0, 0.1) is 11.3 Å². The van der Waals surface area contributed by atoms with Gasteiger partial charge < -0.3 is 14.7 Å². The zero-order valence-electron chi connectivity index (χ0n) is 10.8. The van der Waals surface area contributed by atoms with Crippen molar-refractivity contribution in [3.63, 3.8) is 0 Å². The molecule has 0 aromatic carbocycles. The molecule has 0 aromatic rings. The van der Waals surface area contributed by atoms with Crippen LogP contribution in [0.25, 0.3) is 0 Å². The van der Waals surface area contributed by atoms with Gasteiger partial charge in [0, 0.05) is 6.04 Å². The molecule has 1 aliphatic carbocycles. The molecule has 98 valence electrons. The standard InChI is InChI=1S/C13H23NO3/c1-14(2)11(10-6-4-3-5-7-10)13(12(15)16)8-17-9-13/h10-11H,3-9H2,1-2H3,(H,15,16). The van der Waals surface area contributed by atoms with E-state index in [0.29, 0.717) is 19.1 Å². The van der Waals surface area contributed by atoms with Crippen LogP contribution in [0.1, 0.15) is 32.1 Å². The van der Waals surface area contributed by atoms with E-state index in [1.165, 1.54) is 19.3 Å². The molecule has 17 heavy (non-hydrogen) atoms. The molecule has 2 fully saturated rings. The third kappa shape index (κ3) is 2.20. The number of carbonyl (C=O) groups is 1. The van der Waals surface area contributed by atoms with Gasteiger partial charge in [0.1, 0.15) is 5.41 Å². The average Bonchev–Trinajstić information content (AvgIpc) is 2.23. The van der Waals surface area contributed by atoms with E-state index in [0.717, 1.165) is 12.8 Å². The lowest BCUT2D eigenvalue weighted by Crippen LogP contribution is -2.63. The van der Waals surface area contributed by atoms with Crippen molar-refractivity contribution in [2.45, 2.75) is 38.1 Å². The van der Waals surface area contributed by atoms with Crippen molar-refractivity contribution in [2.24, 2.45) is 11.3 Å². The minimum absolute atomic E-state index is 0.119. The topological polar surface area (TPSA) is 49.8 Å². The van der Waals surface area contributed by atoms with Gasteiger partial charge in [-0.15, -0.1) is 0 Å². The third-order valence-corrected chi connectivity index (χ3v) is 4.36. The van der Waals surface area contributed by atoms with Crippen molar-refractivity contribution in [3.8, 4) is 0 Å². The fourth-order valence-electron chi connectivity index (χ4n) is 3.56. The Labute approximate surface area is 103 Å². The van der Waals surface area contributed by atoms with Crippen molar-refractivity contribution >= 4 is 5.97 Å². The summed E-state index contributed by atoms with van der Waals surface area (Å²) >= 11 is 0. The van der Waals surface area contributed by atoms with E-state index in [1.807, 2.05) is 14.1 Å². The summed E-state index contributed by atoms with van der Waals surface area (Å²) in [6, 6.07) is 0.119. The lowest BCUT2D eigenvalue weighted by atomic mass is 9.68. The Morgan fingerprint density at radius 2 is 1.88 bits per heavy atom. The molecular formula is C13H23NO3. The average molecular weight is 241 g/mol. The highest BCUT2D eigenvalue weighted by molar-refractivity contribution is 5.77. The van der Waals surface area contributed by atoms with Gasteiger partial charge in [-0.3, -0.25) is 4.79 Å². The van der Waals surface area contributed by atoms with E-state index in [-0.39, 0.29) is 6.04 Å². The lowest BCUT2D eigenvalue weighted by Gasteiger charge is -2.50. The first-order valence-corrected chi connectivity index (χ1v) is 6.55. The lowest BCUT2D eigenvalue weighted by molar-refractivity contribution is -0.198.